The van der Waals surface area contributed by atoms with Crippen molar-refractivity contribution in [3.8, 4) is 0 Å². The van der Waals surface area contributed by atoms with E-state index in [0.29, 0.717) is 27.5 Å². The number of hydrogen-bond donors (Lipinski definition) is 1. The lowest BCUT2D eigenvalue weighted by molar-refractivity contribution is -0.127. The summed E-state index contributed by atoms with van der Waals surface area (Å²) >= 11 is 6.17. The highest BCUT2D eigenvalue weighted by Gasteiger charge is 2.36. The molecule has 2 amide bonds. The smallest absolute Gasteiger partial charge is 0.249 e. The van der Waals surface area contributed by atoms with Gasteiger partial charge in [0.05, 0.1) is 11.2 Å². The number of anilines is 1. The molecular formula is C27H30ClN7O2. The van der Waals surface area contributed by atoms with Crippen LogP contribution in [0.4, 0.5) is 5.69 Å². The monoisotopic (exact) mass is 519 g/mol. The summed E-state index contributed by atoms with van der Waals surface area (Å²) in [5.74, 6) is -0.528. The standard InChI is InChI=1S/C27H30ClN7O2/c1-18-22(16-33(2)31-18)26(27(37)29-20-8-4-3-5-9-20)35(21-14-12-19(28)13-15-21)25(36)17-34-24-11-7-6-10-23(24)30-32-34/h6-7,10-16,20,26H,3-5,8-9,17H2,1-2H3,(H,29,37)/t26-/m1/s1. The lowest BCUT2D eigenvalue weighted by Gasteiger charge is -2.33. The molecule has 1 N–H and O–H groups in total. The van der Waals surface area contributed by atoms with Crippen molar-refractivity contribution in [1.29, 1.82) is 0 Å². The maximum absolute atomic E-state index is 14.1. The largest absolute Gasteiger partial charge is 0.351 e. The highest BCUT2D eigenvalue weighted by atomic mass is 35.5. The number of benzene rings is 2. The molecule has 0 spiro atoms. The number of halogens is 1. The Labute approximate surface area is 220 Å². The number of carbonyl (C=O) groups is 2. The molecule has 1 aliphatic carbocycles. The first-order chi connectivity index (χ1) is 17.9. The Balaban J connectivity index is 1.56. The lowest BCUT2D eigenvalue weighted by Crippen LogP contribution is -2.48. The van der Waals surface area contributed by atoms with E-state index in [9.17, 15) is 9.59 Å². The van der Waals surface area contributed by atoms with Gasteiger partial charge in [0.1, 0.15) is 18.1 Å². The van der Waals surface area contributed by atoms with Crippen LogP contribution in [0.25, 0.3) is 11.0 Å². The summed E-state index contributed by atoms with van der Waals surface area (Å²) in [6.45, 7) is 1.77. The molecule has 5 rings (SSSR count). The second-order valence-corrected chi connectivity index (χ2v) is 10.0. The predicted molar refractivity (Wildman–Crippen MR) is 142 cm³/mol. The van der Waals surface area contributed by atoms with Gasteiger partial charge in [-0.1, -0.05) is 48.2 Å². The number of rotatable bonds is 7. The van der Waals surface area contributed by atoms with Gasteiger partial charge in [-0.2, -0.15) is 5.10 Å². The molecule has 1 aliphatic rings. The lowest BCUT2D eigenvalue weighted by atomic mass is 9.94. The quantitative estimate of drug-likeness (QED) is 0.391. The van der Waals surface area contributed by atoms with Gasteiger partial charge in [0.25, 0.3) is 0 Å². The molecule has 2 aromatic carbocycles. The third-order valence-corrected chi connectivity index (χ3v) is 7.13. The van der Waals surface area contributed by atoms with Gasteiger partial charge in [0.2, 0.25) is 11.8 Å². The molecule has 10 heteroatoms. The molecule has 37 heavy (non-hydrogen) atoms. The molecule has 0 bridgehead atoms. The third-order valence-electron chi connectivity index (χ3n) is 6.88. The van der Waals surface area contributed by atoms with Crippen molar-refractivity contribution in [2.45, 2.75) is 57.7 Å². The van der Waals surface area contributed by atoms with Crippen LogP contribution >= 0.6 is 11.6 Å². The Kier molecular flexibility index (Phi) is 7.23. The van der Waals surface area contributed by atoms with Gasteiger partial charge < -0.3 is 5.32 Å². The highest BCUT2D eigenvalue weighted by molar-refractivity contribution is 6.30. The summed E-state index contributed by atoms with van der Waals surface area (Å²) in [5.41, 5.74) is 3.35. The van der Waals surface area contributed by atoms with Crippen molar-refractivity contribution in [3.05, 3.63) is 71.0 Å². The van der Waals surface area contributed by atoms with E-state index in [-0.39, 0.29) is 24.4 Å². The molecule has 2 heterocycles. The van der Waals surface area contributed by atoms with Crippen LogP contribution in [0.2, 0.25) is 5.02 Å². The summed E-state index contributed by atoms with van der Waals surface area (Å²) in [6, 6.07) is 13.6. The highest BCUT2D eigenvalue weighted by Crippen LogP contribution is 2.32. The average molecular weight is 520 g/mol. The fourth-order valence-electron chi connectivity index (χ4n) is 5.09. The van der Waals surface area contributed by atoms with Crippen LogP contribution in [0.5, 0.6) is 0 Å². The minimum Gasteiger partial charge on any atom is -0.351 e. The molecule has 4 aromatic rings. The summed E-state index contributed by atoms with van der Waals surface area (Å²) < 4.78 is 3.23. The van der Waals surface area contributed by atoms with Gasteiger partial charge in [-0.15, -0.1) is 5.10 Å². The molecule has 0 unspecified atom stereocenters. The van der Waals surface area contributed by atoms with Crippen LogP contribution in [-0.2, 0) is 23.2 Å². The number of fused-ring (bicyclic) bond motifs is 1. The Hall–Kier alpha value is -3.72. The van der Waals surface area contributed by atoms with Crippen LogP contribution in [0.3, 0.4) is 0 Å². The van der Waals surface area contributed by atoms with Crippen LogP contribution in [0.15, 0.2) is 54.7 Å². The van der Waals surface area contributed by atoms with Gasteiger partial charge in [-0.05, 0) is 56.2 Å². The van der Waals surface area contributed by atoms with Gasteiger partial charge in [-0.25, -0.2) is 4.68 Å². The number of aromatic nitrogens is 5. The maximum atomic E-state index is 14.1. The topological polar surface area (TPSA) is 97.9 Å². The summed E-state index contributed by atoms with van der Waals surface area (Å²) in [6.07, 6.45) is 7.02. The first-order valence-electron chi connectivity index (χ1n) is 12.6. The number of hydrogen-bond acceptors (Lipinski definition) is 5. The second kappa shape index (κ2) is 10.7. The molecule has 1 atom stereocenters. The Bertz CT molecular complexity index is 1410. The molecule has 0 aliphatic heterocycles. The molecule has 0 radical (unpaired) electrons. The number of aryl methyl sites for hydroxylation is 2. The van der Waals surface area contributed by atoms with E-state index in [4.69, 9.17) is 11.6 Å². The second-order valence-electron chi connectivity index (χ2n) is 9.57. The van der Waals surface area contributed by atoms with E-state index in [1.807, 2.05) is 44.4 Å². The predicted octanol–water partition coefficient (Wildman–Crippen LogP) is 4.35. The van der Waals surface area contributed by atoms with Crippen molar-refractivity contribution in [3.63, 3.8) is 0 Å². The SMILES string of the molecule is Cc1nn(C)cc1[C@H](C(=O)NC1CCCCC1)N(C(=O)Cn1nnc2ccccc21)c1ccc(Cl)cc1. The van der Waals surface area contributed by atoms with E-state index in [1.54, 1.807) is 33.6 Å². The zero-order chi connectivity index (χ0) is 25.9. The Morgan fingerprint density at radius 1 is 1.11 bits per heavy atom. The van der Waals surface area contributed by atoms with Crippen molar-refractivity contribution in [2.24, 2.45) is 7.05 Å². The molecular weight excluding hydrogens is 490 g/mol. The van der Waals surface area contributed by atoms with Crippen LogP contribution < -0.4 is 10.2 Å². The number of carbonyl (C=O) groups excluding carboxylic acids is 2. The van der Waals surface area contributed by atoms with Crippen molar-refractivity contribution in [1.82, 2.24) is 30.1 Å². The van der Waals surface area contributed by atoms with Crippen molar-refractivity contribution < 1.29 is 9.59 Å². The van der Waals surface area contributed by atoms with E-state index in [1.165, 1.54) is 11.3 Å². The van der Waals surface area contributed by atoms with Gasteiger partial charge >= 0.3 is 0 Å². The first kappa shape index (κ1) is 25.0. The van der Waals surface area contributed by atoms with E-state index >= 15 is 0 Å². The summed E-state index contributed by atoms with van der Waals surface area (Å²) in [4.78, 5) is 29.6. The van der Waals surface area contributed by atoms with E-state index < -0.39 is 6.04 Å². The molecule has 2 aromatic heterocycles. The normalized spacial score (nSPS) is 15.0. The molecule has 0 saturated heterocycles. The van der Waals surface area contributed by atoms with Crippen molar-refractivity contribution in [2.75, 3.05) is 4.90 Å². The molecule has 1 fully saturated rings. The number of nitrogens with zero attached hydrogens (tertiary/aromatic N) is 6. The van der Waals surface area contributed by atoms with Crippen LogP contribution in [0, 0.1) is 6.92 Å². The number of nitrogens with one attached hydrogen (secondary N) is 1. The summed E-state index contributed by atoms with van der Waals surface area (Å²) in [5, 5.41) is 16.6. The minimum atomic E-state index is -0.918. The molecule has 192 valence electrons. The van der Waals surface area contributed by atoms with Gasteiger partial charge in [0, 0.05) is 35.6 Å². The maximum Gasteiger partial charge on any atom is 0.249 e. The van der Waals surface area contributed by atoms with Crippen LogP contribution in [0.1, 0.15) is 49.4 Å². The van der Waals surface area contributed by atoms with Crippen molar-refractivity contribution >= 4 is 40.1 Å². The minimum absolute atomic E-state index is 0.0853. The van der Waals surface area contributed by atoms with Gasteiger partial charge in [0.15, 0.2) is 0 Å². The zero-order valence-corrected chi connectivity index (χ0v) is 21.7. The number of amides is 2. The fourth-order valence-corrected chi connectivity index (χ4v) is 5.21. The van der Waals surface area contributed by atoms with E-state index in [2.05, 4.69) is 20.7 Å². The Morgan fingerprint density at radius 3 is 2.54 bits per heavy atom. The zero-order valence-electron chi connectivity index (χ0n) is 21.0. The fraction of sp³-hybridized carbons (Fsp3) is 0.370. The summed E-state index contributed by atoms with van der Waals surface area (Å²) in [7, 11) is 1.81. The van der Waals surface area contributed by atoms with Gasteiger partial charge in [-0.3, -0.25) is 19.2 Å². The number of para-hydroxylation sites is 1. The Morgan fingerprint density at radius 2 is 1.84 bits per heavy atom. The van der Waals surface area contributed by atoms with E-state index in [0.717, 1.165) is 31.2 Å². The average Bonchev–Trinajstić information content (AvgIpc) is 3.45. The van der Waals surface area contributed by atoms with Crippen LogP contribution in [-0.4, -0.2) is 42.6 Å². The first-order valence-corrected chi connectivity index (χ1v) is 12.9. The molecule has 9 nitrogen and oxygen atoms in total. The molecule has 1 saturated carbocycles. The third kappa shape index (κ3) is 5.36.